The first-order valence-corrected chi connectivity index (χ1v) is 5.69. The molecule has 0 radical (unpaired) electrons. The fourth-order valence-electron chi connectivity index (χ4n) is 1.43. The van der Waals surface area contributed by atoms with Gasteiger partial charge in [0, 0.05) is 29.5 Å². The average molecular weight is 247 g/mol. The van der Waals surface area contributed by atoms with Gasteiger partial charge in [0.1, 0.15) is 0 Å². The lowest BCUT2D eigenvalue weighted by atomic mass is 10.1. The third-order valence-electron chi connectivity index (χ3n) is 2.28. The average Bonchev–Trinajstić information content (AvgIpc) is 2.40. The van der Waals surface area contributed by atoms with Gasteiger partial charge in [-0.05, 0) is 29.8 Å². The minimum atomic E-state index is -0.150. The van der Waals surface area contributed by atoms with Crippen molar-refractivity contribution in [2.24, 2.45) is 0 Å². The molecule has 0 saturated carbocycles. The van der Waals surface area contributed by atoms with Gasteiger partial charge in [-0.3, -0.25) is 9.78 Å². The predicted molar refractivity (Wildman–Crippen MR) is 68.2 cm³/mol. The third-order valence-corrected chi connectivity index (χ3v) is 2.59. The smallest absolute Gasteiger partial charge is 0.255 e. The monoisotopic (exact) mass is 246 g/mol. The minimum absolute atomic E-state index is 0.150. The summed E-state index contributed by atoms with van der Waals surface area (Å²) in [6.45, 7) is 0. The van der Waals surface area contributed by atoms with E-state index in [1.54, 1.807) is 36.7 Å². The summed E-state index contributed by atoms with van der Waals surface area (Å²) in [7, 11) is 0. The Bertz CT molecular complexity index is 514. The molecule has 0 saturated heterocycles. The highest BCUT2D eigenvalue weighted by molar-refractivity contribution is 6.17. The minimum Gasteiger partial charge on any atom is -0.322 e. The Morgan fingerprint density at radius 1 is 1.24 bits per heavy atom. The van der Waals surface area contributed by atoms with Crippen molar-refractivity contribution in [1.29, 1.82) is 0 Å². The number of aromatic nitrogens is 1. The lowest BCUT2D eigenvalue weighted by Gasteiger charge is -2.05. The molecule has 1 N–H and O–H groups in total. The maximum absolute atomic E-state index is 11.9. The zero-order valence-electron chi connectivity index (χ0n) is 9.06. The van der Waals surface area contributed by atoms with E-state index in [-0.39, 0.29) is 5.91 Å². The second-order valence-corrected chi connectivity index (χ2v) is 3.79. The summed E-state index contributed by atoms with van der Waals surface area (Å²) in [5, 5.41) is 2.79. The van der Waals surface area contributed by atoms with E-state index in [0.717, 1.165) is 11.3 Å². The molecule has 0 bridgehead atoms. The molecule has 1 amide bonds. The fourth-order valence-corrected chi connectivity index (χ4v) is 1.60. The topological polar surface area (TPSA) is 42.0 Å². The molecule has 0 fully saturated rings. The second kappa shape index (κ2) is 5.46. The highest BCUT2D eigenvalue weighted by Gasteiger charge is 2.06. The molecule has 1 aromatic heterocycles. The second-order valence-electron chi connectivity index (χ2n) is 3.52. The van der Waals surface area contributed by atoms with Crippen molar-refractivity contribution in [2.45, 2.75) is 5.88 Å². The number of carbonyl (C=O) groups is 1. The van der Waals surface area contributed by atoms with Crippen LogP contribution in [0.5, 0.6) is 0 Å². The van der Waals surface area contributed by atoms with Crippen molar-refractivity contribution < 1.29 is 4.79 Å². The number of hydrogen-bond acceptors (Lipinski definition) is 2. The van der Waals surface area contributed by atoms with Gasteiger partial charge in [0.05, 0.1) is 0 Å². The number of nitrogens with zero attached hydrogens (tertiary/aromatic N) is 1. The van der Waals surface area contributed by atoms with Crippen LogP contribution < -0.4 is 5.32 Å². The van der Waals surface area contributed by atoms with Crippen molar-refractivity contribution >= 4 is 23.2 Å². The van der Waals surface area contributed by atoms with Gasteiger partial charge in [-0.2, -0.15) is 0 Å². The van der Waals surface area contributed by atoms with Gasteiger partial charge in [0.2, 0.25) is 0 Å². The Morgan fingerprint density at radius 2 is 2.00 bits per heavy atom. The van der Waals surface area contributed by atoms with Crippen molar-refractivity contribution in [3.8, 4) is 0 Å². The molecule has 2 rings (SSSR count). The van der Waals surface area contributed by atoms with Crippen LogP contribution in [0.25, 0.3) is 0 Å². The summed E-state index contributed by atoms with van der Waals surface area (Å²) in [4.78, 5) is 15.8. The first-order chi connectivity index (χ1) is 8.29. The van der Waals surface area contributed by atoms with Gasteiger partial charge in [-0.25, -0.2) is 0 Å². The molecule has 0 aliphatic heterocycles. The third kappa shape index (κ3) is 3.04. The van der Waals surface area contributed by atoms with E-state index in [1.165, 1.54) is 0 Å². The Labute approximate surface area is 104 Å². The van der Waals surface area contributed by atoms with Crippen LogP contribution in [0.2, 0.25) is 0 Å². The first kappa shape index (κ1) is 11.6. The summed E-state index contributed by atoms with van der Waals surface area (Å²) in [6, 6.07) is 10.7. The Morgan fingerprint density at radius 3 is 2.71 bits per heavy atom. The largest absolute Gasteiger partial charge is 0.322 e. The highest BCUT2D eigenvalue weighted by Crippen LogP contribution is 2.11. The van der Waals surface area contributed by atoms with Crippen LogP contribution in [-0.4, -0.2) is 10.9 Å². The number of amides is 1. The van der Waals surface area contributed by atoms with E-state index in [0.29, 0.717) is 11.4 Å². The summed E-state index contributed by atoms with van der Waals surface area (Å²) in [6.07, 6.45) is 3.26. The fraction of sp³-hybridized carbons (Fsp3) is 0.0769. The number of pyridine rings is 1. The number of carbonyl (C=O) groups excluding carboxylic acids is 1. The van der Waals surface area contributed by atoms with E-state index < -0.39 is 0 Å². The molecule has 0 spiro atoms. The Balaban J connectivity index is 2.14. The number of benzene rings is 1. The van der Waals surface area contributed by atoms with Crippen LogP contribution in [0.3, 0.4) is 0 Å². The number of anilines is 1. The van der Waals surface area contributed by atoms with Crippen LogP contribution in [0.4, 0.5) is 5.69 Å². The highest BCUT2D eigenvalue weighted by atomic mass is 35.5. The van der Waals surface area contributed by atoms with Crippen LogP contribution in [0, 0.1) is 0 Å². The van der Waals surface area contributed by atoms with Gasteiger partial charge in [0.25, 0.3) is 5.91 Å². The molecular formula is C13H11ClN2O. The van der Waals surface area contributed by atoms with Gasteiger partial charge in [-0.15, -0.1) is 11.6 Å². The summed E-state index contributed by atoms with van der Waals surface area (Å²) >= 11 is 5.72. The number of hydrogen-bond donors (Lipinski definition) is 1. The number of rotatable bonds is 3. The molecule has 0 atom stereocenters. The standard InChI is InChI=1S/C13H11ClN2O/c14-9-10-2-1-3-11(8-10)13(17)16-12-4-6-15-7-5-12/h1-8H,9H2,(H,15,16,17). The van der Waals surface area contributed by atoms with Gasteiger partial charge >= 0.3 is 0 Å². The summed E-state index contributed by atoms with van der Waals surface area (Å²) < 4.78 is 0. The van der Waals surface area contributed by atoms with Crippen molar-refractivity contribution in [3.05, 3.63) is 59.9 Å². The van der Waals surface area contributed by atoms with Gasteiger partial charge in [0.15, 0.2) is 0 Å². The number of alkyl halides is 1. The van der Waals surface area contributed by atoms with E-state index >= 15 is 0 Å². The zero-order valence-corrected chi connectivity index (χ0v) is 9.82. The molecule has 0 unspecified atom stereocenters. The van der Waals surface area contributed by atoms with E-state index in [2.05, 4.69) is 10.3 Å². The first-order valence-electron chi connectivity index (χ1n) is 5.16. The lowest BCUT2D eigenvalue weighted by molar-refractivity contribution is 0.102. The molecule has 2 aromatic rings. The van der Waals surface area contributed by atoms with Crippen LogP contribution in [-0.2, 0) is 5.88 Å². The SMILES string of the molecule is O=C(Nc1ccncc1)c1cccc(CCl)c1. The zero-order chi connectivity index (χ0) is 12.1. The molecule has 3 nitrogen and oxygen atoms in total. The number of nitrogens with one attached hydrogen (secondary N) is 1. The quantitative estimate of drug-likeness (QED) is 0.846. The van der Waals surface area contributed by atoms with Gasteiger partial charge < -0.3 is 5.32 Å². The normalized spacial score (nSPS) is 9.94. The predicted octanol–water partition coefficient (Wildman–Crippen LogP) is 3.07. The maximum Gasteiger partial charge on any atom is 0.255 e. The van der Waals surface area contributed by atoms with Gasteiger partial charge in [-0.1, -0.05) is 12.1 Å². The molecule has 17 heavy (non-hydrogen) atoms. The molecule has 86 valence electrons. The van der Waals surface area contributed by atoms with E-state index in [1.807, 2.05) is 12.1 Å². The van der Waals surface area contributed by atoms with Crippen molar-refractivity contribution in [1.82, 2.24) is 4.98 Å². The lowest BCUT2D eigenvalue weighted by Crippen LogP contribution is -2.11. The Hall–Kier alpha value is -1.87. The molecule has 4 heteroatoms. The van der Waals surface area contributed by atoms with Crippen molar-refractivity contribution in [3.63, 3.8) is 0 Å². The summed E-state index contributed by atoms with van der Waals surface area (Å²) in [5.41, 5.74) is 2.25. The van der Waals surface area contributed by atoms with Crippen LogP contribution in [0.1, 0.15) is 15.9 Å². The van der Waals surface area contributed by atoms with Crippen molar-refractivity contribution in [2.75, 3.05) is 5.32 Å². The van der Waals surface area contributed by atoms with Crippen LogP contribution in [0.15, 0.2) is 48.8 Å². The van der Waals surface area contributed by atoms with E-state index in [9.17, 15) is 4.79 Å². The Kier molecular flexibility index (Phi) is 3.73. The molecular weight excluding hydrogens is 236 g/mol. The van der Waals surface area contributed by atoms with E-state index in [4.69, 9.17) is 11.6 Å². The number of halogens is 1. The summed E-state index contributed by atoms with van der Waals surface area (Å²) in [5.74, 6) is 0.249. The molecule has 0 aliphatic carbocycles. The molecule has 1 aromatic carbocycles. The molecule has 0 aliphatic rings. The molecule has 1 heterocycles. The maximum atomic E-state index is 11.9. The van der Waals surface area contributed by atoms with Crippen LogP contribution >= 0.6 is 11.6 Å².